The molecule has 2 aromatic rings. The standard InChI is InChI=1S/C14H9ClF2O2/c15-14(18)12-10(16)6-7-11(13(12)17)19-8-9-4-2-1-3-5-9/h1-7H,8H2. The van der Waals surface area contributed by atoms with E-state index in [9.17, 15) is 13.6 Å². The highest BCUT2D eigenvalue weighted by molar-refractivity contribution is 6.67. The lowest BCUT2D eigenvalue weighted by Crippen LogP contribution is -2.04. The van der Waals surface area contributed by atoms with Crippen molar-refractivity contribution in [3.05, 3.63) is 65.2 Å². The minimum atomic E-state index is -1.19. The Bertz CT molecular complexity index is 600. The van der Waals surface area contributed by atoms with Gasteiger partial charge in [0.2, 0.25) is 0 Å². The van der Waals surface area contributed by atoms with Gasteiger partial charge in [0, 0.05) is 0 Å². The van der Waals surface area contributed by atoms with E-state index in [1.165, 1.54) is 0 Å². The molecule has 0 aromatic heterocycles. The van der Waals surface area contributed by atoms with E-state index in [0.717, 1.165) is 17.7 Å². The summed E-state index contributed by atoms with van der Waals surface area (Å²) in [5.41, 5.74) is 0.0252. The molecular weight excluding hydrogens is 274 g/mol. The van der Waals surface area contributed by atoms with E-state index in [1.807, 2.05) is 18.2 Å². The second kappa shape index (κ2) is 5.80. The molecule has 0 spiro atoms. The molecule has 0 unspecified atom stereocenters. The van der Waals surface area contributed by atoms with Crippen LogP contribution in [0.2, 0.25) is 0 Å². The molecule has 19 heavy (non-hydrogen) atoms. The van der Waals surface area contributed by atoms with E-state index in [0.29, 0.717) is 0 Å². The average Bonchev–Trinajstić information content (AvgIpc) is 2.38. The van der Waals surface area contributed by atoms with Crippen LogP contribution < -0.4 is 4.74 Å². The van der Waals surface area contributed by atoms with Gasteiger partial charge in [-0.2, -0.15) is 0 Å². The van der Waals surface area contributed by atoms with E-state index in [-0.39, 0.29) is 12.4 Å². The van der Waals surface area contributed by atoms with Crippen LogP contribution in [0.1, 0.15) is 15.9 Å². The fraction of sp³-hybridized carbons (Fsp3) is 0.0714. The molecule has 2 aromatic carbocycles. The molecule has 5 heteroatoms. The molecule has 0 aliphatic heterocycles. The number of carbonyl (C=O) groups is 1. The van der Waals surface area contributed by atoms with Gasteiger partial charge in [-0.25, -0.2) is 8.78 Å². The van der Waals surface area contributed by atoms with Crippen molar-refractivity contribution in [2.45, 2.75) is 6.61 Å². The van der Waals surface area contributed by atoms with Gasteiger partial charge in [-0.15, -0.1) is 0 Å². The van der Waals surface area contributed by atoms with Crippen LogP contribution in [0.15, 0.2) is 42.5 Å². The summed E-state index contributed by atoms with van der Waals surface area (Å²) >= 11 is 5.13. The molecule has 2 rings (SSSR count). The van der Waals surface area contributed by atoms with Crippen LogP contribution in [0.3, 0.4) is 0 Å². The fourth-order valence-electron chi connectivity index (χ4n) is 1.56. The van der Waals surface area contributed by atoms with Crippen molar-refractivity contribution in [1.29, 1.82) is 0 Å². The van der Waals surface area contributed by atoms with Gasteiger partial charge < -0.3 is 4.74 Å². The third-order valence-electron chi connectivity index (χ3n) is 2.49. The first-order chi connectivity index (χ1) is 9.09. The van der Waals surface area contributed by atoms with Crippen LogP contribution in [-0.4, -0.2) is 5.24 Å². The molecule has 0 saturated heterocycles. The van der Waals surface area contributed by atoms with Crippen LogP contribution in [0, 0.1) is 11.6 Å². The summed E-state index contributed by atoms with van der Waals surface area (Å²) in [4.78, 5) is 10.9. The van der Waals surface area contributed by atoms with Crippen molar-refractivity contribution in [2.24, 2.45) is 0 Å². The maximum Gasteiger partial charge on any atom is 0.258 e. The van der Waals surface area contributed by atoms with Gasteiger partial charge in [0.25, 0.3) is 5.24 Å². The lowest BCUT2D eigenvalue weighted by Gasteiger charge is -2.09. The SMILES string of the molecule is O=C(Cl)c1c(F)ccc(OCc2ccccc2)c1F. The zero-order valence-corrected chi connectivity index (χ0v) is 10.5. The van der Waals surface area contributed by atoms with Gasteiger partial charge in [-0.05, 0) is 29.3 Å². The Kier molecular flexibility index (Phi) is 4.12. The Morgan fingerprint density at radius 1 is 1.11 bits per heavy atom. The van der Waals surface area contributed by atoms with E-state index >= 15 is 0 Å². The Balaban J connectivity index is 2.22. The highest BCUT2D eigenvalue weighted by atomic mass is 35.5. The maximum atomic E-state index is 13.8. The van der Waals surface area contributed by atoms with Gasteiger partial charge in [-0.1, -0.05) is 30.3 Å². The number of rotatable bonds is 4. The Hall–Kier alpha value is -1.94. The zero-order valence-electron chi connectivity index (χ0n) is 9.70. The number of hydrogen-bond acceptors (Lipinski definition) is 2. The van der Waals surface area contributed by atoms with Gasteiger partial charge in [0.15, 0.2) is 11.6 Å². The van der Waals surface area contributed by atoms with Crippen molar-refractivity contribution < 1.29 is 18.3 Å². The summed E-state index contributed by atoms with van der Waals surface area (Å²) < 4.78 is 32.3. The third-order valence-corrected chi connectivity index (χ3v) is 2.68. The first-order valence-electron chi connectivity index (χ1n) is 5.44. The number of carbonyl (C=O) groups excluding carboxylic acids is 1. The fourth-order valence-corrected chi connectivity index (χ4v) is 1.73. The van der Waals surface area contributed by atoms with Crippen LogP contribution in [-0.2, 0) is 6.61 Å². The highest BCUT2D eigenvalue weighted by Crippen LogP contribution is 2.25. The number of benzene rings is 2. The van der Waals surface area contributed by atoms with E-state index < -0.39 is 22.4 Å². The van der Waals surface area contributed by atoms with Crippen molar-refractivity contribution >= 4 is 16.8 Å². The summed E-state index contributed by atoms with van der Waals surface area (Å²) in [6.07, 6.45) is 0. The summed E-state index contributed by atoms with van der Waals surface area (Å²) in [7, 11) is 0. The summed E-state index contributed by atoms with van der Waals surface area (Å²) in [5, 5.41) is -1.19. The number of ether oxygens (including phenoxy) is 1. The minimum absolute atomic E-state index is 0.110. The highest BCUT2D eigenvalue weighted by Gasteiger charge is 2.19. The van der Waals surface area contributed by atoms with Crippen LogP contribution in [0.5, 0.6) is 5.75 Å². The van der Waals surface area contributed by atoms with Crippen molar-refractivity contribution in [1.82, 2.24) is 0 Å². The monoisotopic (exact) mass is 282 g/mol. The third kappa shape index (κ3) is 3.09. The first-order valence-corrected chi connectivity index (χ1v) is 5.82. The van der Waals surface area contributed by atoms with Gasteiger partial charge >= 0.3 is 0 Å². The molecule has 0 amide bonds. The summed E-state index contributed by atoms with van der Waals surface area (Å²) in [5.74, 6) is -2.31. The molecule has 2 nitrogen and oxygen atoms in total. The molecular formula is C14H9ClF2O2. The molecule has 0 heterocycles. The summed E-state index contributed by atoms with van der Waals surface area (Å²) in [6.45, 7) is 0.110. The average molecular weight is 283 g/mol. The van der Waals surface area contributed by atoms with Gasteiger partial charge in [0.05, 0.1) is 0 Å². The maximum absolute atomic E-state index is 13.8. The smallest absolute Gasteiger partial charge is 0.258 e. The van der Waals surface area contributed by atoms with Crippen LogP contribution >= 0.6 is 11.6 Å². The molecule has 0 radical (unpaired) electrons. The molecule has 0 N–H and O–H groups in total. The van der Waals surface area contributed by atoms with E-state index in [4.69, 9.17) is 16.3 Å². The van der Waals surface area contributed by atoms with Crippen molar-refractivity contribution in [2.75, 3.05) is 0 Å². The lowest BCUT2D eigenvalue weighted by atomic mass is 10.2. The Morgan fingerprint density at radius 2 is 1.79 bits per heavy atom. The molecule has 0 atom stereocenters. The normalized spacial score (nSPS) is 10.3. The molecule has 0 saturated carbocycles. The molecule has 0 aliphatic carbocycles. The van der Waals surface area contributed by atoms with E-state index in [1.54, 1.807) is 12.1 Å². The topological polar surface area (TPSA) is 26.3 Å². The second-order valence-electron chi connectivity index (χ2n) is 3.78. The number of hydrogen-bond donors (Lipinski definition) is 0. The first kappa shape index (κ1) is 13.5. The molecule has 0 aliphatic rings. The predicted octanol–water partition coefficient (Wildman–Crippen LogP) is 3.92. The largest absolute Gasteiger partial charge is 0.486 e. The van der Waals surface area contributed by atoms with Gasteiger partial charge in [-0.3, -0.25) is 4.79 Å². The lowest BCUT2D eigenvalue weighted by molar-refractivity contribution is 0.107. The van der Waals surface area contributed by atoms with Gasteiger partial charge in [0.1, 0.15) is 18.0 Å². The second-order valence-corrected chi connectivity index (χ2v) is 4.13. The summed E-state index contributed by atoms with van der Waals surface area (Å²) in [6, 6.07) is 11.1. The minimum Gasteiger partial charge on any atom is -0.486 e. The molecule has 98 valence electrons. The van der Waals surface area contributed by atoms with E-state index in [2.05, 4.69) is 0 Å². The predicted molar refractivity (Wildman–Crippen MR) is 67.3 cm³/mol. The Labute approximate surface area is 113 Å². The quantitative estimate of drug-likeness (QED) is 0.795. The van der Waals surface area contributed by atoms with Crippen LogP contribution in [0.25, 0.3) is 0 Å². The number of halogens is 3. The van der Waals surface area contributed by atoms with Crippen molar-refractivity contribution in [3.8, 4) is 5.75 Å². The van der Waals surface area contributed by atoms with Crippen LogP contribution in [0.4, 0.5) is 8.78 Å². The Morgan fingerprint density at radius 3 is 2.42 bits per heavy atom. The molecule has 0 bridgehead atoms. The van der Waals surface area contributed by atoms with Crippen molar-refractivity contribution in [3.63, 3.8) is 0 Å². The molecule has 0 fully saturated rings. The zero-order chi connectivity index (χ0) is 13.8.